The van der Waals surface area contributed by atoms with E-state index in [9.17, 15) is 0 Å². The van der Waals surface area contributed by atoms with Gasteiger partial charge < -0.3 is 5.73 Å². The van der Waals surface area contributed by atoms with Crippen LogP contribution in [-0.4, -0.2) is 6.54 Å². The van der Waals surface area contributed by atoms with Crippen molar-refractivity contribution >= 4 is 11.3 Å². The second-order valence-electron chi connectivity index (χ2n) is 5.15. The Kier molecular flexibility index (Phi) is 10.2. The summed E-state index contributed by atoms with van der Waals surface area (Å²) in [5, 5.41) is 2.18. The lowest BCUT2D eigenvalue weighted by atomic mass is 10.1. The van der Waals surface area contributed by atoms with Crippen LogP contribution in [0.4, 0.5) is 0 Å². The third kappa shape index (κ3) is 8.71. The van der Waals surface area contributed by atoms with E-state index in [4.69, 9.17) is 5.73 Å². The van der Waals surface area contributed by atoms with Gasteiger partial charge >= 0.3 is 0 Å². The third-order valence-electron chi connectivity index (χ3n) is 3.46. The molecular formula is C16H29NS. The van der Waals surface area contributed by atoms with Crippen molar-refractivity contribution in [2.45, 2.75) is 70.6 Å². The molecule has 0 aromatic carbocycles. The largest absolute Gasteiger partial charge is 0.330 e. The average molecular weight is 267 g/mol. The summed E-state index contributed by atoms with van der Waals surface area (Å²) in [5.41, 5.74) is 5.47. The fourth-order valence-corrected chi connectivity index (χ4v) is 3.06. The third-order valence-corrected chi connectivity index (χ3v) is 4.39. The smallest absolute Gasteiger partial charge is 0.00452 e. The number of hydrogen-bond donors (Lipinski definition) is 1. The molecule has 0 aliphatic heterocycles. The van der Waals surface area contributed by atoms with Gasteiger partial charge in [-0.1, -0.05) is 57.4 Å². The lowest BCUT2D eigenvalue weighted by Crippen LogP contribution is -1.97. The van der Waals surface area contributed by atoms with Gasteiger partial charge in [-0.25, -0.2) is 0 Å². The van der Waals surface area contributed by atoms with Crippen molar-refractivity contribution in [3.8, 4) is 0 Å². The molecule has 0 fully saturated rings. The predicted molar refractivity (Wildman–Crippen MR) is 83.2 cm³/mol. The van der Waals surface area contributed by atoms with E-state index in [1.165, 1.54) is 70.6 Å². The molecule has 0 spiro atoms. The van der Waals surface area contributed by atoms with Crippen molar-refractivity contribution in [3.05, 3.63) is 22.4 Å². The molecular weight excluding hydrogens is 238 g/mol. The molecule has 1 aromatic rings. The zero-order chi connectivity index (χ0) is 12.9. The Balaban J connectivity index is 1.73. The van der Waals surface area contributed by atoms with E-state index in [1.54, 1.807) is 4.88 Å². The molecule has 1 aromatic heterocycles. The molecule has 1 nitrogen and oxygen atoms in total. The van der Waals surface area contributed by atoms with Crippen LogP contribution in [0.15, 0.2) is 17.5 Å². The second-order valence-corrected chi connectivity index (χ2v) is 6.19. The van der Waals surface area contributed by atoms with Gasteiger partial charge in [-0.05, 0) is 37.3 Å². The number of aryl methyl sites for hydroxylation is 1. The van der Waals surface area contributed by atoms with Crippen molar-refractivity contribution in [1.29, 1.82) is 0 Å². The molecule has 0 aliphatic carbocycles. The van der Waals surface area contributed by atoms with Crippen LogP contribution in [0.3, 0.4) is 0 Å². The van der Waals surface area contributed by atoms with Crippen LogP contribution in [0, 0.1) is 0 Å². The van der Waals surface area contributed by atoms with Crippen LogP contribution < -0.4 is 5.73 Å². The van der Waals surface area contributed by atoms with Gasteiger partial charge in [0, 0.05) is 4.88 Å². The van der Waals surface area contributed by atoms with Gasteiger partial charge in [-0.2, -0.15) is 0 Å². The summed E-state index contributed by atoms with van der Waals surface area (Å²) in [7, 11) is 0. The lowest BCUT2D eigenvalue weighted by Gasteiger charge is -2.02. The summed E-state index contributed by atoms with van der Waals surface area (Å²) in [4.78, 5) is 1.55. The van der Waals surface area contributed by atoms with Crippen LogP contribution in [0.1, 0.15) is 69.1 Å². The van der Waals surface area contributed by atoms with Crippen molar-refractivity contribution in [2.24, 2.45) is 5.73 Å². The standard InChI is InChI=1S/C16H29NS/c17-14-10-8-6-4-2-1-3-5-7-9-12-16-13-11-15-18-16/h11,13,15H,1-10,12,14,17H2. The molecule has 0 bridgehead atoms. The van der Waals surface area contributed by atoms with Gasteiger partial charge in [0.05, 0.1) is 0 Å². The van der Waals surface area contributed by atoms with Gasteiger partial charge in [0.1, 0.15) is 0 Å². The highest BCUT2D eigenvalue weighted by Gasteiger charge is 1.95. The first-order chi connectivity index (χ1) is 8.93. The highest BCUT2D eigenvalue weighted by atomic mass is 32.1. The molecule has 104 valence electrons. The topological polar surface area (TPSA) is 26.0 Å². The second kappa shape index (κ2) is 11.7. The van der Waals surface area contributed by atoms with Gasteiger partial charge in [-0.15, -0.1) is 11.3 Å². The molecule has 0 saturated heterocycles. The Morgan fingerprint density at radius 1 is 0.778 bits per heavy atom. The summed E-state index contributed by atoms with van der Waals surface area (Å²) < 4.78 is 0. The maximum absolute atomic E-state index is 5.47. The van der Waals surface area contributed by atoms with Crippen LogP contribution in [0.2, 0.25) is 0 Å². The summed E-state index contributed by atoms with van der Waals surface area (Å²) >= 11 is 1.90. The first-order valence-electron chi connectivity index (χ1n) is 7.66. The van der Waals surface area contributed by atoms with E-state index >= 15 is 0 Å². The zero-order valence-electron chi connectivity index (χ0n) is 11.7. The molecule has 0 amide bonds. The molecule has 0 atom stereocenters. The van der Waals surface area contributed by atoms with E-state index in [0.717, 1.165) is 6.54 Å². The minimum Gasteiger partial charge on any atom is -0.330 e. The van der Waals surface area contributed by atoms with Crippen molar-refractivity contribution in [1.82, 2.24) is 0 Å². The molecule has 18 heavy (non-hydrogen) atoms. The SMILES string of the molecule is NCCCCCCCCCCCCc1cccs1. The Hall–Kier alpha value is -0.340. The Morgan fingerprint density at radius 3 is 1.83 bits per heavy atom. The fourth-order valence-electron chi connectivity index (χ4n) is 2.31. The van der Waals surface area contributed by atoms with Crippen LogP contribution in [-0.2, 0) is 6.42 Å². The van der Waals surface area contributed by atoms with E-state index in [1.807, 2.05) is 11.3 Å². The summed E-state index contributed by atoms with van der Waals surface area (Å²) in [6, 6.07) is 4.41. The maximum atomic E-state index is 5.47. The summed E-state index contributed by atoms with van der Waals surface area (Å²) in [6.45, 7) is 0.865. The minimum atomic E-state index is 0.865. The van der Waals surface area contributed by atoms with Crippen molar-refractivity contribution in [2.75, 3.05) is 6.54 Å². The Morgan fingerprint density at radius 2 is 1.33 bits per heavy atom. The van der Waals surface area contributed by atoms with Crippen LogP contribution in [0.5, 0.6) is 0 Å². The number of hydrogen-bond acceptors (Lipinski definition) is 2. The first-order valence-corrected chi connectivity index (χ1v) is 8.54. The van der Waals surface area contributed by atoms with Crippen molar-refractivity contribution < 1.29 is 0 Å². The summed E-state index contributed by atoms with van der Waals surface area (Å²) in [5.74, 6) is 0. The molecule has 2 heteroatoms. The molecule has 0 unspecified atom stereocenters. The number of thiophene rings is 1. The zero-order valence-corrected chi connectivity index (χ0v) is 12.5. The molecule has 2 N–H and O–H groups in total. The lowest BCUT2D eigenvalue weighted by molar-refractivity contribution is 0.553. The highest BCUT2D eigenvalue weighted by Crippen LogP contribution is 2.14. The minimum absolute atomic E-state index is 0.865. The highest BCUT2D eigenvalue weighted by molar-refractivity contribution is 7.09. The average Bonchev–Trinajstić information content (AvgIpc) is 2.89. The molecule has 0 radical (unpaired) electrons. The molecule has 1 rings (SSSR count). The Labute approximate surface area is 117 Å². The van der Waals surface area contributed by atoms with Crippen molar-refractivity contribution in [3.63, 3.8) is 0 Å². The molecule has 1 heterocycles. The van der Waals surface area contributed by atoms with Gasteiger partial charge in [-0.3, -0.25) is 0 Å². The maximum Gasteiger partial charge on any atom is 0.00452 e. The van der Waals surface area contributed by atoms with E-state index in [-0.39, 0.29) is 0 Å². The van der Waals surface area contributed by atoms with Crippen LogP contribution >= 0.6 is 11.3 Å². The van der Waals surface area contributed by atoms with Crippen LogP contribution in [0.25, 0.3) is 0 Å². The van der Waals surface area contributed by atoms with E-state index in [2.05, 4.69) is 17.5 Å². The molecule has 0 aliphatic rings. The summed E-state index contributed by atoms with van der Waals surface area (Å²) in [6.07, 6.45) is 15.1. The van der Waals surface area contributed by atoms with Gasteiger partial charge in [0.25, 0.3) is 0 Å². The predicted octanol–water partition coefficient (Wildman–Crippen LogP) is 5.15. The number of rotatable bonds is 12. The monoisotopic (exact) mass is 267 g/mol. The van der Waals surface area contributed by atoms with Gasteiger partial charge in [0.15, 0.2) is 0 Å². The normalized spacial score (nSPS) is 10.9. The first kappa shape index (κ1) is 15.7. The van der Waals surface area contributed by atoms with E-state index < -0.39 is 0 Å². The molecule has 0 saturated carbocycles. The van der Waals surface area contributed by atoms with Gasteiger partial charge in [0.2, 0.25) is 0 Å². The fraction of sp³-hybridized carbons (Fsp3) is 0.750. The number of nitrogens with two attached hydrogens (primary N) is 1. The van der Waals surface area contributed by atoms with E-state index in [0.29, 0.717) is 0 Å². The quantitative estimate of drug-likeness (QED) is 0.521. The Bertz CT molecular complexity index is 256. The number of unbranched alkanes of at least 4 members (excludes halogenated alkanes) is 9.